The lowest BCUT2D eigenvalue weighted by atomic mass is 9.82. The van der Waals surface area contributed by atoms with Crippen molar-refractivity contribution in [2.24, 2.45) is 5.41 Å². The summed E-state index contributed by atoms with van der Waals surface area (Å²) in [6.07, 6.45) is 1.93. The van der Waals surface area contributed by atoms with Crippen molar-refractivity contribution in [3.05, 3.63) is 35.4 Å². The molecular weight excluding hydrogens is 282 g/mol. The molecule has 3 heteroatoms. The SMILES string of the molecule is CCC(CC)(CCl)CNC(=O)c1ccccc1C(C)(C)C. The van der Waals surface area contributed by atoms with Gasteiger partial charge in [-0.05, 0) is 29.9 Å². The lowest BCUT2D eigenvalue weighted by Gasteiger charge is -2.30. The first-order valence-corrected chi connectivity index (χ1v) is 8.27. The molecule has 0 fully saturated rings. The van der Waals surface area contributed by atoms with E-state index in [0.29, 0.717) is 12.4 Å². The molecule has 0 saturated carbocycles. The van der Waals surface area contributed by atoms with Crippen molar-refractivity contribution in [2.75, 3.05) is 12.4 Å². The van der Waals surface area contributed by atoms with Gasteiger partial charge in [-0.2, -0.15) is 0 Å². The van der Waals surface area contributed by atoms with Crippen LogP contribution in [0.4, 0.5) is 0 Å². The van der Waals surface area contributed by atoms with Crippen molar-refractivity contribution in [1.29, 1.82) is 0 Å². The van der Waals surface area contributed by atoms with Crippen LogP contribution in [0.1, 0.15) is 63.4 Å². The summed E-state index contributed by atoms with van der Waals surface area (Å²) in [7, 11) is 0. The Hall–Kier alpha value is -1.02. The molecule has 0 aliphatic carbocycles. The second-order valence-corrected chi connectivity index (χ2v) is 7.09. The molecule has 1 rings (SSSR count). The zero-order valence-corrected chi connectivity index (χ0v) is 14.7. The van der Waals surface area contributed by atoms with Crippen LogP contribution in [0.25, 0.3) is 0 Å². The molecule has 0 bridgehead atoms. The molecule has 0 aromatic heterocycles. The summed E-state index contributed by atoms with van der Waals surface area (Å²) in [5.41, 5.74) is 1.79. The Morgan fingerprint density at radius 1 is 1.14 bits per heavy atom. The highest BCUT2D eigenvalue weighted by Gasteiger charge is 2.27. The molecule has 0 radical (unpaired) electrons. The summed E-state index contributed by atoms with van der Waals surface area (Å²) in [6.45, 7) is 11.3. The Labute approximate surface area is 134 Å². The molecule has 0 aliphatic heterocycles. The third-order valence-electron chi connectivity index (χ3n) is 4.39. The maximum atomic E-state index is 12.6. The minimum atomic E-state index is -0.0486. The van der Waals surface area contributed by atoms with Gasteiger partial charge in [0.15, 0.2) is 0 Å². The van der Waals surface area contributed by atoms with Crippen molar-refractivity contribution in [1.82, 2.24) is 5.32 Å². The van der Waals surface area contributed by atoms with Crippen molar-refractivity contribution in [3.8, 4) is 0 Å². The molecule has 0 saturated heterocycles. The highest BCUT2D eigenvalue weighted by Crippen LogP contribution is 2.28. The lowest BCUT2D eigenvalue weighted by molar-refractivity contribution is 0.0929. The van der Waals surface area contributed by atoms with E-state index >= 15 is 0 Å². The molecule has 0 heterocycles. The van der Waals surface area contributed by atoms with E-state index in [1.807, 2.05) is 24.3 Å². The normalized spacial score (nSPS) is 12.3. The highest BCUT2D eigenvalue weighted by molar-refractivity contribution is 6.18. The first-order chi connectivity index (χ1) is 9.79. The first-order valence-electron chi connectivity index (χ1n) is 7.73. The monoisotopic (exact) mass is 309 g/mol. The molecule has 1 amide bonds. The topological polar surface area (TPSA) is 29.1 Å². The van der Waals surface area contributed by atoms with Crippen molar-refractivity contribution in [2.45, 2.75) is 52.9 Å². The predicted molar refractivity (Wildman–Crippen MR) is 91.2 cm³/mol. The van der Waals surface area contributed by atoms with Gasteiger partial charge in [-0.1, -0.05) is 52.8 Å². The van der Waals surface area contributed by atoms with Crippen LogP contribution in [0, 0.1) is 5.41 Å². The fraction of sp³-hybridized carbons (Fsp3) is 0.611. The van der Waals surface area contributed by atoms with Crippen LogP contribution in [0.2, 0.25) is 0 Å². The van der Waals surface area contributed by atoms with Gasteiger partial charge in [0.05, 0.1) is 0 Å². The van der Waals surface area contributed by atoms with Gasteiger partial charge < -0.3 is 5.32 Å². The van der Waals surface area contributed by atoms with Crippen LogP contribution in [0.5, 0.6) is 0 Å². The zero-order chi connectivity index (χ0) is 16.1. The van der Waals surface area contributed by atoms with Gasteiger partial charge in [-0.15, -0.1) is 11.6 Å². The molecular formula is C18H28ClNO. The van der Waals surface area contributed by atoms with Crippen molar-refractivity contribution < 1.29 is 4.79 Å². The molecule has 2 nitrogen and oxygen atoms in total. The van der Waals surface area contributed by atoms with E-state index < -0.39 is 0 Å². The standard InChI is InChI=1S/C18H28ClNO/c1-6-18(7-2,12-19)13-20-16(21)14-10-8-9-11-15(14)17(3,4)5/h8-11H,6-7,12-13H2,1-5H3,(H,20,21). The summed E-state index contributed by atoms with van der Waals surface area (Å²) < 4.78 is 0. The molecule has 118 valence electrons. The number of halogens is 1. The van der Waals surface area contributed by atoms with E-state index in [2.05, 4.69) is 39.9 Å². The van der Waals surface area contributed by atoms with E-state index in [4.69, 9.17) is 11.6 Å². The Kier molecular flexibility index (Phi) is 6.27. The van der Waals surface area contributed by atoms with E-state index in [-0.39, 0.29) is 16.7 Å². The number of hydrogen-bond acceptors (Lipinski definition) is 1. The molecule has 0 spiro atoms. The van der Waals surface area contributed by atoms with Gasteiger partial charge >= 0.3 is 0 Å². The van der Waals surface area contributed by atoms with Gasteiger partial charge in [0.2, 0.25) is 0 Å². The number of benzene rings is 1. The minimum Gasteiger partial charge on any atom is -0.351 e. The minimum absolute atomic E-state index is 0.00285. The number of alkyl halides is 1. The molecule has 1 aromatic carbocycles. The van der Waals surface area contributed by atoms with Crippen molar-refractivity contribution >= 4 is 17.5 Å². The Bertz CT molecular complexity index is 464. The van der Waals surface area contributed by atoms with Gasteiger partial charge in [-0.25, -0.2) is 0 Å². The Morgan fingerprint density at radius 2 is 1.71 bits per heavy atom. The number of rotatable bonds is 6. The third-order valence-corrected chi connectivity index (χ3v) is 4.95. The van der Waals surface area contributed by atoms with Crippen LogP contribution in [-0.2, 0) is 5.41 Å². The fourth-order valence-electron chi connectivity index (χ4n) is 2.43. The Morgan fingerprint density at radius 3 is 2.19 bits per heavy atom. The van der Waals surface area contributed by atoms with E-state index in [0.717, 1.165) is 24.0 Å². The number of hydrogen-bond donors (Lipinski definition) is 1. The fourth-order valence-corrected chi connectivity index (χ4v) is 2.91. The highest BCUT2D eigenvalue weighted by atomic mass is 35.5. The van der Waals surface area contributed by atoms with Crippen LogP contribution in [0.3, 0.4) is 0 Å². The molecule has 21 heavy (non-hydrogen) atoms. The average molecular weight is 310 g/mol. The smallest absolute Gasteiger partial charge is 0.251 e. The maximum absolute atomic E-state index is 12.6. The summed E-state index contributed by atoms with van der Waals surface area (Å²) in [5.74, 6) is 0.568. The quantitative estimate of drug-likeness (QED) is 0.754. The molecule has 0 unspecified atom stereocenters. The summed E-state index contributed by atoms with van der Waals surface area (Å²) >= 11 is 6.11. The molecule has 1 N–H and O–H groups in total. The summed E-state index contributed by atoms with van der Waals surface area (Å²) in [4.78, 5) is 12.6. The number of amides is 1. The van der Waals surface area contributed by atoms with Crippen LogP contribution >= 0.6 is 11.6 Å². The third kappa shape index (κ3) is 4.47. The summed E-state index contributed by atoms with van der Waals surface area (Å²) in [5, 5.41) is 3.08. The van der Waals surface area contributed by atoms with E-state index in [1.54, 1.807) is 0 Å². The summed E-state index contributed by atoms with van der Waals surface area (Å²) in [6, 6.07) is 7.83. The second kappa shape index (κ2) is 7.31. The predicted octanol–water partition coefficient (Wildman–Crippen LogP) is 4.76. The lowest BCUT2D eigenvalue weighted by Crippen LogP contribution is -2.39. The first kappa shape index (κ1) is 18.0. The van der Waals surface area contributed by atoms with Crippen LogP contribution in [-0.4, -0.2) is 18.3 Å². The average Bonchev–Trinajstić information content (AvgIpc) is 2.48. The van der Waals surface area contributed by atoms with Crippen LogP contribution in [0.15, 0.2) is 24.3 Å². The van der Waals surface area contributed by atoms with Gasteiger partial charge in [0, 0.05) is 23.4 Å². The maximum Gasteiger partial charge on any atom is 0.251 e. The van der Waals surface area contributed by atoms with Crippen LogP contribution < -0.4 is 5.32 Å². The number of carbonyl (C=O) groups excluding carboxylic acids is 1. The van der Waals surface area contributed by atoms with Crippen molar-refractivity contribution in [3.63, 3.8) is 0 Å². The molecule has 0 aliphatic rings. The zero-order valence-electron chi connectivity index (χ0n) is 13.9. The molecule has 1 aromatic rings. The second-order valence-electron chi connectivity index (χ2n) is 6.82. The largest absolute Gasteiger partial charge is 0.351 e. The van der Waals surface area contributed by atoms with E-state index in [9.17, 15) is 4.79 Å². The number of carbonyl (C=O) groups is 1. The van der Waals surface area contributed by atoms with Gasteiger partial charge in [0.1, 0.15) is 0 Å². The Balaban J connectivity index is 2.91. The van der Waals surface area contributed by atoms with Gasteiger partial charge in [-0.3, -0.25) is 4.79 Å². The molecule has 0 atom stereocenters. The van der Waals surface area contributed by atoms with E-state index in [1.165, 1.54) is 0 Å². The van der Waals surface area contributed by atoms with Gasteiger partial charge in [0.25, 0.3) is 5.91 Å². The number of nitrogens with one attached hydrogen (secondary N) is 1.